The summed E-state index contributed by atoms with van der Waals surface area (Å²) in [5.74, 6) is -0.105. The second-order valence-corrected chi connectivity index (χ2v) is 7.83. The molecule has 3 nitrogen and oxygen atoms in total. The molecule has 0 bridgehead atoms. The fraction of sp³-hybridized carbons (Fsp3) is 0.955. The normalized spacial score (nSPS) is 23.2. The SMILES string of the molecule is CCCCCCCCCCCCCCCC[C@@H]1C(=O)O[C@@H](C)[C@@H]1OC. The van der Waals surface area contributed by atoms with Crippen molar-refractivity contribution in [2.24, 2.45) is 5.92 Å². The van der Waals surface area contributed by atoms with Gasteiger partial charge in [0.15, 0.2) is 0 Å². The molecule has 3 atom stereocenters. The minimum atomic E-state index is -0.0888. The van der Waals surface area contributed by atoms with E-state index < -0.39 is 0 Å². The van der Waals surface area contributed by atoms with Gasteiger partial charge in [-0.25, -0.2) is 0 Å². The fourth-order valence-corrected chi connectivity index (χ4v) is 4.00. The van der Waals surface area contributed by atoms with E-state index in [-0.39, 0.29) is 24.1 Å². The molecule has 148 valence electrons. The Bertz CT molecular complexity index is 329. The van der Waals surface area contributed by atoms with Gasteiger partial charge in [-0.2, -0.15) is 0 Å². The Balaban J connectivity index is 1.85. The zero-order valence-corrected chi connectivity index (χ0v) is 17.1. The fourth-order valence-electron chi connectivity index (χ4n) is 4.00. The predicted molar refractivity (Wildman–Crippen MR) is 105 cm³/mol. The van der Waals surface area contributed by atoms with E-state index in [1.54, 1.807) is 7.11 Å². The molecule has 3 heteroatoms. The summed E-state index contributed by atoms with van der Waals surface area (Å²) in [6.07, 6.45) is 19.9. The molecule has 0 radical (unpaired) electrons. The Kier molecular flexibility index (Phi) is 13.1. The van der Waals surface area contributed by atoms with Crippen molar-refractivity contribution in [3.05, 3.63) is 0 Å². The molecule has 1 aliphatic rings. The van der Waals surface area contributed by atoms with Crippen molar-refractivity contribution in [2.75, 3.05) is 7.11 Å². The van der Waals surface area contributed by atoms with Crippen LogP contribution in [0, 0.1) is 5.92 Å². The van der Waals surface area contributed by atoms with Crippen LogP contribution in [-0.2, 0) is 14.3 Å². The quantitative estimate of drug-likeness (QED) is 0.236. The van der Waals surface area contributed by atoms with Crippen molar-refractivity contribution in [1.29, 1.82) is 0 Å². The summed E-state index contributed by atoms with van der Waals surface area (Å²) in [6, 6.07) is 0. The zero-order valence-electron chi connectivity index (χ0n) is 17.1. The van der Waals surface area contributed by atoms with Gasteiger partial charge >= 0.3 is 5.97 Å². The van der Waals surface area contributed by atoms with Crippen LogP contribution >= 0.6 is 0 Å². The molecule has 0 aromatic rings. The molecule has 1 rings (SSSR count). The summed E-state index contributed by atoms with van der Waals surface area (Å²) < 4.78 is 10.7. The van der Waals surface area contributed by atoms with Crippen LogP contribution in [0.2, 0.25) is 0 Å². The number of carbonyl (C=O) groups is 1. The molecule has 1 saturated heterocycles. The highest BCUT2D eigenvalue weighted by atomic mass is 16.6. The third kappa shape index (κ3) is 9.63. The highest BCUT2D eigenvalue weighted by Gasteiger charge is 2.41. The summed E-state index contributed by atoms with van der Waals surface area (Å²) in [5.41, 5.74) is 0. The summed E-state index contributed by atoms with van der Waals surface area (Å²) in [4.78, 5) is 11.8. The van der Waals surface area contributed by atoms with Crippen LogP contribution in [-0.4, -0.2) is 25.3 Å². The second kappa shape index (κ2) is 14.6. The molecular weight excluding hydrogens is 312 g/mol. The smallest absolute Gasteiger partial charge is 0.312 e. The van der Waals surface area contributed by atoms with Gasteiger partial charge in [0.05, 0.1) is 5.92 Å². The van der Waals surface area contributed by atoms with Crippen LogP contribution in [0.5, 0.6) is 0 Å². The first-order valence-electron chi connectivity index (χ1n) is 10.9. The van der Waals surface area contributed by atoms with Crippen molar-refractivity contribution in [2.45, 2.75) is 122 Å². The van der Waals surface area contributed by atoms with E-state index in [0.717, 1.165) is 12.8 Å². The third-order valence-electron chi connectivity index (χ3n) is 5.60. The van der Waals surface area contributed by atoms with Gasteiger partial charge in [0.1, 0.15) is 12.2 Å². The Morgan fingerprint density at radius 3 is 1.68 bits per heavy atom. The standard InChI is InChI=1S/C22H42O3/c1-4-5-6-7-8-9-10-11-12-13-14-15-16-17-18-20-21(24-3)19(2)25-22(20)23/h19-21H,4-18H2,1-3H3/t19-,20-,21-/m0/s1. The molecule has 0 spiro atoms. The van der Waals surface area contributed by atoms with E-state index in [4.69, 9.17) is 9.47 Å². The van der Waals surface area contributed by atoms with Gasteiger partial charge in [-0.3, -0.25) is 4.79 Å². The van der Waals surface area contributed by atoms with Gasteiger partial charge in [0, 0.05) is 7.11 Å². The highest BCUT2D eigenvalue weighted by molar-refractivity contribution is 5.75. The van der Waals surface area contributed by atoms with Gasteiger partial charge in [-0.15, -0.1) is 0 Å². The van der Waals surface area contributed by atoms with Gasteiger partial charge in [0.2, 0.25) is 0 Å². The molecular formula is C22H42O3. The van der Waals surface area contributed by atoms with Crippen LogP contribution in [0.4, 0.5) is 0 Å². The van der Waals surface area contributed by atoms with E-state index in [0.29, 0.717) is 0 Å². The largest absolute Gasteiger partial charge is 0.460 e. The number of methoxy groups -OCH3 is 1. The second-order valence-electron chi connectivity index (χ2n) is 7.83. The number of ether oxygens (including phenoxy) is 2. The topological polar surface area (TPSA) is 35.5 Å². The number of cyclic esters (lactones) is 1. The number of esters is 1. The van der Waals surface area contributed by atoms with E-state index in [1.807, 2.05) is 6.92 Å². The van der Waals surface area contributed by atoms with Crippen molar-refractivity contribution >= 4 is 5.97 Å². The lowest BCUT2D eigenvalue weighted by Gasteiger charge is -2.16. The van der Waals surface area contributed by atoms with Gasteiger partial charge in [-0.05, 0) is 13.3 Å². The molecule has 0 saturated carbocycles. The maximum atomic E-state index is 11.8. The Labute approximate surface area is 156 Å². The molecule has 0 aromatic carbocycles. The van der Waals surface area contributed by atoms with Crippen molar-refractivity contribution < 1.29 is 14.3 Å². The van der Waals surface area contributed by atoms with E-state index in [9.17, 15) is 4.79 Å². The van der Waals surface area contributed by atoms with Gasteiger partial charge < -0.3 is 9.47 Å². The number of hydrogen-bond acceptors (Lipinski definition) is 3. The molecule has 25 heavy (non-hydrogen) atoms. The average Bonchev–Trinajstić information content (AvgIpc) is 2.88. The van der Waals surface area contributed by atoms with Crippen molar-refractivity contribution in [3.63, 3.8) is 0 Å². The molecule has 1 aliphatic heterocycles. The first-order chi connectivity index (χ1) is 12.2. The van der Waals surface area contributed by atoms with E-state index >= 15 is 0 Å². The number of unbranched alkanes of at least 4 members (excludes halogenated alkanes) is 13. The lowest BCUT2D eigenvalue weighted by Crippen LogP contribution is -2.27. The zero-order chi connectivity index (χ0) is 18.3. The minimum Gasteiger partial charge on any atom is -0.460 e. The molecule has 1 heterocycles. The highest BCUT2D eigenvalue weighted by Crippen LogP contribution is 2.28. The monoisotopic (exact) mass is 354 g/mol. The molecule has 1 fully saturated rings. The summed E-state index contributed by atoms with van der Waals surface area (Å²) in [6.45, 7) is 4.21. The minimum absolute atomic E-state index is 0.0441. The van der Waals surface area contributed by atoms with Crippen LogP contribution < -0.4 is 0 Å². The summed E-state index contributed by atoms with van der Waals surface area (Å²) >= 11 is 0. The summed E-state index contributed by atoms with van der Waals surface area (Å²) in [7, 11) is 1.68. The van der Waals surface area contributed by atoms with E-state index in [2.05, 4.69) is 6.92 Å². The van der Waals surface area contributed by atoms with Crippen LogP contribution in [0.3, 0.4) is 0 Å². The molecule has 0 aliphatic carbocycles. The maximum absolute atomic E-state index is 11.8. The molecule has 0 amide bonds. The van der Waals surface area contributed by atoms with Gasteiger partial charge in [-0.1, -0.05) is 96.8 Å². The number of carbonyl (C=O) groups excluding carboxylic acids is 1. The maximum Gasteiger partial charge on any atom is 0.312 e. The van der Waals surface area contributed by atoms with Gasteiger partial charge in [0.25, 0.3) is 0 Å². The number of hydrogen-bond donors (Lipinski definition) is 0. The number of rotatable bonds is 16. The van der Waals surface area contributed by atoms with Crippen molar-refractivity contribution in [3.8, 4) is 0 Å². The van der Waals surface area contributed by atoms with Crippen LogP contribution in [0.1, 0.15) is 110 Å². The Morgan fingerprint density at radius 1 is 0.800 bits per heavy atom. The average molecular weight is 355 g/mol. The first-order valence-corrected chi connectivity index (χ1v) is 10.9. The predicted octanol–water partition coefficient (Wildman–Crippen LogP) is 6.43. The third-order valence-corrected chi connectivity index (χ3v) is 5.60. The van der Waals surface area contributed by atoms with Crippen LogP contribution in [0.15, 0.2) is 0 Å². The molecule has 0 aromatic heterocycles. The lowest BCUT2D eigenvalue weighted by molar-refractivity contribution is -0.143. The summed E-state index contributed by atoms with van der Waals surface area (Å²) in [5, 5.41) is 0. The Hall–Kier alpha value is -0.570. The van der Waals surface area contributed by atoms with Crippen LogP contribution in [0.25, 0.3) is 0 Å². The lowest BCUT2D eigenvalue weighted by atomic mass is 9.94. The van der Waals surface area contributed by atoms with E-state index in [1.165, 1.54) is 83.5 Å². The molecule has 0 unspecified atom stereocenters. The van der Waals surface area contributed by atoms with Crippen molar-refractivity contribution in [1.82, 2.24) is 0 Å². The first kappa shape index (κ1) is 22.5. The Morgan fingerprint density at radius 2 is 1.24 bits per heavy atom. The molecule has 0 N–H and O–H groups in total.